The van der Waals surface area contributed by atoms with Crippen molar-refractivity contribution >= 4 is 15.7 Å². The summed E-state index contributed by atoms with van der Waals surface area (Å²) in [6.45, 7) is 4.33. The molecule has 1 aliphatic heterocycles. The molecule has 18 heavy (non-hydrogen) atoms. The Hall–Kier alpha value is -1.11. The lowest BCUT2D eigenvalue weighted by atomic mass is 10.1. The Bertz CT molecular complexity index is 549. The van der Waals surface area contributed by atoms with Gasteiger partial charge in [-0.2, -0.15) is 0 Å². The molecule has 0 saturated carbocycles. The third kappa shape index (κ3) is 2.23. The molecule has 2 N–H and O–H groups in total. The van der Waals surface area contributed by atoms with Crippen molar-refractivity contribution < 1.29 is 13.3 Å². The summed E-state index contributed by atoms with van der Waals surface area (Å²) in [5.74, 6) is 0. The first-order valence-corrected chi connectivity index (χ1v) is 7.40. The van der Waals surface area contributed by atoms with Crippen molar-refractivity contribution in [3.63, 3.8) is 0 Å². The number of hydroxylamine groups is 1. The summed E-state index contributed by atoms with van der Waals surface area (Å²) in [5, 5.41) is 0. The number of hydrogen-bond donors (Lipinski definition) is 1. The minimum atomic E-state index is -3.61. The van der Waals surface area contributed by atoms with Gasteiger partial charge in [0.2, 0.25) is 0 Å². The molecule has 1 heterocycles. The Morgan fingerprint density at radius 3 is 2.61 bits per heavy atom. The monoisotopic (exact) mass is 270 g/mol. The van der Waals surface area contributed by atoms with Crippen molar-refractivity contribution in [3.8, 4) is 0 Å². The molecule has 0 bridgehead atoms. The van der Waals surface area contributed by atoms with Crippen molar-refractivity contribution in [1.82, 2.24) is 4.47 Å². The number of nitrogen functional groups attached to an aromatic ring is 1. The van der Waals surface area contributed by atoms with Gasteiger partial charge < -0.3 is 5.73 Å². The number of sulfonamides is 1. The van der Waals surface area contributed by atoms with E-state index in [4.69, 9.17) is 10.6 Å². The van der Waals surface area contributed by atoms with Crippen LogP contribution in [0, 0.1) is 13.8 Å². The Labute approximate surface area is 108 Å². The molecule has 100 valence electrons. The van der Waals surface area contributed by atoms with Crippen LogP contribution in [0.15, 0.2) is 17.0 Å². The third-order valence-electron chi connectivity index (χ3n) is 3.14. The minimum absolute atomic E-state index is 0.268. The van der Waals surface area contributed by atoms with E-state index >= 15 is 0 Å². The summed E-state index contributed by atoms with van der Waals surface area (Å²) in [6, 6.07) is 3.44. The molecule has 0 aromatic heterocycles. The second-order valence-electron chi connectivity index (χ2n) is 4.50. The van der Waals surface area contributed by atoms with E-state index in [1.165, 1.54) is 0 Å². The fraction of sp³-hybridized carbons (Fsp3) is 0.500. The third-order valence-corrected chi connectivity index (χ3v) is 5.11. The molecule has 1 aromatic carbocycles. The first-order valence-electron chi connectivity index (χ1n) is 5.96. The fourth-order valence-electron chi connectivity index (χ4n) is 2.10. The van der Waals surface area contributed by atoms with Crippen molar-refractivity contribution in [3.05, 3.63) is 23.3 Å². The van der Waals surface area contributed by atoms with Gasteiger partial charge in [0.05, 0.1) is 11.5 Å². The molecule has 0 amide bonds. The highest BCUT2D eigenvalue weighted by atomic mass is 32.2. The second-order valence-corrected chi connectivity index (χ2v) is 6.26. The van der Waals surface area contributed by atoms with Crippen LogP contribution in [-0.2, 0) is 14.9 Å². The molecule has 0 spiro atoms. The minimum Gasteiger partial charge on any atom is -0.398 e. The predicted octanol–water partition coefficient (Wildman–Crippen LogP) is 1.60. The predicted molar refractivity (Wildman–Crippen MR) is 69.4 cm³/mol. The van der Waals surface area contributed by atoms with Gasteiger partial charge in [0.15, 0.2) is 0 Å². The average molecular weight is 270 g/mol. The Morgan fingerprint density at radius 1 is 1.28 bits per heavy atom. The van der Waals surface area contributed by atoms with Crippen molar-refractivity contribution in [2.75, 3.05) is 18.9 Å². The molecule has 1 fully saturated rings. The van der Waals surface area contributed by atoms with Gasteiger partial charge in [0.25, 0.3) is 10.0 Å². The molecule has 2 rings (SSSR count). The number of rotatable bonds is 2. The molecule has 1 aromatic rings. The molecule has 1 saturated heterocycles. The summed E-state index contributed by atoms with van der Waals surface area (Å²) >= 11 is 0. The van der Waals surface area contributed by atoms with E-state index in [1.807, 2.05) is 0 Å². The smallest absolute Gasteiger partial charge is 0.265 e. The topological polar surface area (TPSA) is 72.6 Å². The van der Waals surface area contributed by atoms with E-state index in [2.05, 4.69) is 0 Å². The molecule has 0 atom stereocenters. The van der Waals surface area contributed by atoms with Gasteiger partial charge in [0, 0.05) is 12.2 Å². The number of aryl methyl sites for hydroxylation is 1. The molecule has 1 aliphatic rings. The van der Waals surface area contributed by atoms with Crippen LogP contribution in [0.25, 0.3) is 0 Å². The van der Waals surface area contributed by atoms with Gasteiger partial charge >= 0.3 is 0 Å². The lowest BCUT2D eigenvalue weighted by Gasteiger charge is -2.26. The molecular weight excluding hydrogens is 252 g/mol. The number of nitrogens with zero attached hydrogens (tertiary/aromatic N) is 1. The molecular formula is C12H18N2O3S. The van der Waals surface area contributed by atoms with Crippen LogP contribution in [0.4, 0.5) is 5.69 Å². The van der Waals surface area contributed by atoms with Crippen LogP contribution >= 0.6 is 0 Å². The van der Waals surface area contributed by atoms with Crippen LogP contribution in [0.3, 0.4) is 0 Å². The SMILES string of the molecule is Cc1ccc(N)c(C)c1S(=O)(=O)N1CCCCO1. The molecule has 0 aliphatic carbocycles. The van der Waals surface area contributed by atoms with E-state index in [0.717, 1.165) is 17.3 Å². The highest BCUT2D eigenvalue weighted by molar-refractivity contribution is 7.89. The Balaban J connectivity index is 2.50. The van der Waals surface area contributed by atoms with Crippen LogP contribution in [0.5, 0.6) is 0 Å². The van der Waals surface area contributed by atoms with Crippen LogP contribution < -0.4 is 5.73 Å². The normalized spacial score (nSPS) is 17.9. The summed E-state index contributed by atoms with van der Waals surface area (Å²) in [6.07, 6.45) is 1.71. The molecule has 0 radical (unpaired) electrons. The summed E-state index contributed by atoms with van der Waals surface area (Å²) in [4.78, 5) is 5.52. The van der Waals surface area contributed by atoms with E-state index < -0.39 is 10.0 Å². The molecule has 6 heteroatoms. The van der Waals surface area contributed by atoms with Gasteiger partial charge in [-0.15, -0.1) is 0 Å². The molecule has 0 unspecified atom stereocenters. The first-order chi connectivity index (χ1) is 8.44. The van der Waals surface area contributed by atoms with Crippen molar-refractivity contribution in [2.45, 2.75) is 31.6 Å². The average Bonchev–Trinajstić information content (AvgIpc) is 2.35. The highest BCUT2D eigenvalue weighted by Crippen LogP contribution is 2.28. The number of anilines is 1. The first kappa shape index (κ1) is 13.3. The van der Waals surface area contributed by atoms with E-state index in [0.29, 0.717) is 30.0 Å². The quantitative estimate of drug-likeness (QED) is 0.828. The lowest BCUT2D eigenvalue weighted by Crippen LogP contribution is -2.36. The maximum absolute atomic E-state index is 12.5. The Kier molecular flexibility index (Phi) is 3.61. The maximum Gasteiger partial charge on any atom is 0.265 e. The van der Waals surface area contributed by atoms with Gasteiger partial charge in [-0.3, -0.25) is 4.84 Å². The van der Waals surface area contributed by atoms with Crippen molar-refractivity contribution in [2.24, 2.45) is 0 Å². The van der Waals surface area contributed by atoms with Gasteiger partial charge in [0.1, 0.15) is 0 Å². The van der Waals surface area contributed by atoms with E-state index in [-0.39, 0.29) is 4.90 Å². The van der Waals surface area contributed by atoms with Gasteiger partial charge in [-0.25, -0.2) is 8.42 Å². The molecule has 5 nitrogen and oxygen atoms in total. The van der Waals surface area contributed by atoms with E-state index in [9.17, 15) is 8.42 Å². The number of hydrogen-bond acceptors (Lipinski definition) is 4. The fourth-order valence-corrected chi connectivity index (χ4v) is 3.87. The zero-order valence-electron chi connectivity index (χ0n) is 10.6. The van der Waals surface area contributed by atoms with Crippen LogP contribution in [0.1, 0.15) is 24.0 Å². The van der Waals surface area contributed by atoms with Gasteiger partial charge in [-0.1, -0.05) is 10.5 Å². The van der Waals surface area contributed by atoms with Crippen LogP contribution in [0.2, 0.25) is 0 Å². The van der Waals surface area contributed by atoms with Crippen LogP contribution in [-0.4, -0.2) is 26.0 Å². The maximum atomic E-state index is 12.5. The standard InChI is InChI=1S/C12H18N2O3S/c1-9-5-6-11(13)10(2)12(9)18(15,16)14-7-3-4-8-17-14/h5-6H,3-4,7-8,13H2,1-2H3. The van der Waals surface area contributed by atoms with E-state index in [1.54, 1.807) is 26.0 Å². The number of nitrogens with two attached hydrogens (primary N) is 1. The zero-order valence-corrected chi connectivity index (χ0v) is 11.5. The zero-order chi connectivity index (χ0) is 13.3. The number of benzene rings is 1. The highest BCUT2D eigenvalue weighted by Gasteiger charge is 2.30. The van der Waals surface area contributed by atoms with Gasteiger partial charge in [-0.05, 0) is 43.9 Å². The second kappa shape index (κ2) is 4.87. The van der Waals surface area contributed by atoms with Crippen molar-refractivity contribution in [1.29, 1.82) is 0 Å². The summed E-state index contributed by atoms with van der Waals surface area (Å²) in [5.41, 5.74) is 7.55. The lowest BCUT2D eigenvalue weighted by molar-refractivity contribution is -0.108. The Morgan fingerprint density at radius 2 is 2.00 bits per heavy atom. The summed E-state index contributed by atoms with van der Waals surface area (Å²) in [7, 11) is -3.61. The summed E-state index contributed by atoms with van der Waals surface area (Å²) < 4.78 is 26.1. The largest absolute Gasteiger partial charge is 0.398 e.